The van der Waals surface area contributed by atoms with Crippen molar-refractivity contribution in [2.24, 2.45) is 0 Å². The molecule has 0 radical (unpaired) electrons. The number of Topliss-reactive ketones (excluding diaryl/α,β-unsaturated/α-hetero) is 1. The van der Waals surface area contributed by atoms with E-state index in [0.29, 0.717) is 10.6 Å². The van der Waals surface area contributed by atoms with Gasteiger partial charge in [-0.15, -0.1) is 0 Å². The van der Waals surface area contributed by atoms with Crippen LogP contribution in [0.25, 0.3) is 0 Å². The molecule has 104 valence electrons. The van der Waals surface area contributed by atoms with E-state index in [2.05, 4.69) is 15.9 Å². The van der Waals surface area contributed by atoms with Gasteiger partial charge in [0.2, 0.25) is 0 Å². The Morgan fingerprint density at radius 3 is 2.75 bits per heavy atom. The predicted molar refractivity (Wildman–Crippen MR) is 84.9 cm³/mol. The predicted octanol–water partition coefficient (Wildman–Crippen LogP) is 4.84. The highest BCUT2D eigenvalue weighted by molar-refractivity contribution is 9.10. The lowest BCUT2D eigenvalue weighted by Crippen LogP contribution is -2.06. The molecule has 2 rings (SSSR count). The molecule has 0 heterocycles. The van der Waals surface area contributed by atoms with Gasteiger partial charge in [0.1, 0.15) is 5.75 Å². The van der Waals surface area contributed by atoms with E-state index in [-0.39, 0.29) is 12.2 Å². The van der Waals surface area contributed by atoms with Crippen LogP contribution in [0, 0.1) is 6.92 Å². The highest BCUT2D eigenvalue weighted by Gasteiger charge is 2.15. The van der Waals surface area contributed by atoms with Crippen molar-refractivity contribution in [2.45, 2.75) is 13.3 Å². The molecule has 2 aromatic carbocycles. The Morgan fingerprint density at radius 1 is 1.30 bits per heavy atom. The Kier molecular flexibility index (Phi) is 4.84. The third-order valence-corrected chi connectivity index (χ3v) is 4.34. The van der Waals surface area contributed by atoms with Gasteiger partial charge in [0.25, 0.3) is 0 Å². The minimum absolute atomic E-state index is 0.0276. The Bertz CT molecular complexity index is 653. The summed E-state index contributed by atoms with van der Waals surface area (Å²) in [6.45, 7) is 1.99. The first-order valence-electron chi connectivity index (χ1n) is 6.13. The van der Waals surface area contributed by atoms with E-state index in [4.69, 9.17) is 16.3 Å². The van der Waals surface area contributed by atoms with Crippen molar-refractivity contribution < 1.29 is 9.53 Å². The average Bonchev–Trinajstić information content (AvgIpc) is 2.42. The fourth-order valence-electron chi connectivity index (χ4n) is 2.03. The molecule has 20 heavy (non-hydrogen) atoms. The van der Waals surface area contributed by atoms with Crippen LogP contribution in [0.1, 0.15) is 21.5 Å². The van der Waals surface area contributed by atoms with E-state index in [1.807, 2.05) is 31.2 Å². The average molecular weight is 354 g/mol. The Hall–Kier alpha value is -1.32. The van der Waals surface area contributed by atoms with Gasteiger partial charge in [0.15, 0.2) is 5.78 Å². The number of benzene rings is 2. The Balaban J connectivity index is 2.32. The molecule has 0 bridgehead atoms. The van der Waals surface area contributed by atoms with E-state index < -0.39 is 0 Å². The molecule has 0 aliphatic carbocycles. The number of carbonyl (C=O) groups is 1. The lowest BCUT2D eigenvalue weighted by Gasteiger charge is -2.10. The maximum Gasteiger partial charge on any atom is 0.168 e. The van der Waals surface area contributed by atoms with Crippen molar-refractivity contribution in [1.82, 2.24) is 0 Å². The largest absolute Gasteiger partial charge is 0.496 e. The van der Waals surface area contributed by atoms with Crippen LogP contribution in [0.2, 0.25) is 5.02 Å². The monoisotopic (exact) mass is 352 g/mol. The van der Waals surface area contributed by atoms with Gasteiger partial charge in [-0.3, -0.25) is 4.79 Å². The van der Waals surface area contributed by atoms with E-state index in [1.165, 1.54) is 0 Å². The quantitative estimate of drug-likeness (QED) is 0.735. The van der Waals surface area contributed by atoms with Gasteiger partial charge >= 0.3 is 0 Å². The molecule has 0 saturated carbocycles. The molecule has 2 nitrogen and oxygen atoms in total. The highest BCUT2D eigenvalue weighted by Crippen LogP contribution is 2.28. The van der Waals surface area contributed by atoms with Gasteiger partial charge < -0.3 is 4.74 Å². The number of rotatable bonds is 4. The summed E-state index contributed by atoms with van der Waals surface area (Å²) in [7, 11) is 1.60. The van der Waals surface area contributed by atoms with Crippen molar-refractivity contribution in [1.29, 1.82) is 0 Å². The first-order chi connectivity index (χ1) is 9.52. The van der Waals surface area contributed by atoms with Gasteiger partial charge in [-0.05, 0) is 41.1 Å². The minimum Gasteiger partial charge on any atom is -0.496 e. The van der Waals surface area contributed by atoms with Gasteiger partial charge in [0.05, 0.1) is 12.1 Å². The van der Waals surface area contributed by atoms with Crippen molar-refractivity contribution in [2.75, 3.05) is 7.11 Å². The fraction of sp³-hybridized carbons (Fsp3) is 0.188. The van der Waals surface area contributed by atoms with Crippen molar-refractivity contribution >= 4 is 33.3 Å². The fourth-order valence-corrected chi connectivity index (χ4v) is 2.63. The molecule has 0 amide bonds. The number of methoxy groups -OCH3 is 1. The van der Waals surface area contributed by atoms with Crippen LogP contribution in [0.5, 0.6) is 5.75 Å². The maximum atomic E-state index is 12.4. The SMILES string of the molecule is COc1ccc(C)cc1CC(=O)c1cccc(Br)c1Cl. The molecule has 0 unspecified atom stereocenters. The van der Waals surface area contributed by atoms with Crippen LogP contribution in [0.15, 0.2) is 40.9 Å². The summed E-state index contributed by atoms with van der Waals surface area (Å²) >= 11 is 9.49. The molecule has 0 atom stereocenters. The number of ether oxygens (including phenoxy) is 1. The summed E-state index contributed by atoms with van der Waals surface area (Å²) in [6.07, 6.45) is 0.265. The zero-order valence-electron chi connectivity index (χ0n) is 11.2. The van der Waals surface area contributed by atoms with Crippen molar-refractivity contribution in [3.05, 3.63) is 62.6 Å². The number of hydrogen-bond acceptors (Lipinski definition) is 2. The summed E-state index contributed by atoms with van der Waals surface area (Å²) in [4.78, 5) is 12.4. The zero-order valence-corrected chi connectivity index (χ0v) is 13.6. The summed E-state index contributed by atoms with van der Waals surface area (Å²) in [5.74, 6) is 0.690. The number of aryl methyl sites for hydroxylation is 1. The van der Waals surface area contributed by atoms with E-state index in [1.54, 1.807) is 19.2 Å². The number of ketones is 1. The highest BCUT2D eigenvalue weighted by atomic mass is 79.9. The summed E-state index contributed by atoms with van der Waals surface area (Å²) < 4.78 is 6.02. The maximum absolute atomic E-state index is 12.4. The molecule has 0 aliphatic rings. The van der Waals surface area contributed by atoms with E-state index in [9.17, 15) is 4.79 Å². The zero-order chi connectivity index (χ0) is 14.7. The van der Waals surface area contributed by atoms with Gasteiger partial charge in [-0.2, -0.15) is 0 Å². The first kappa shape index (κ1) is 15.1. The van der Waals surface area contributed by atoms with Gasteiger partial charge in [-0.25, -0.2) is 0 Å². The molecule has 0 N–H and O–H groups in total. The summed E-state index contributed by atoms with van der Waals surface area (Å²) in [6, 6.07) is 11.1. The van der Waals surface area contributed by atoms with Crippen LogP contribution in [-0.2, 0) is 6.42 Å². The van der Waals surface area contributed by atoms with E-state index >= 15 is 0 Å². The minimum atomic E-state index is -0.0276. The lowest BCUT2D eigenvalue weighted by atomic mass is 10.0. The van der Waals surface area contributed by atoms with Crippen LogP contribution in [-0.4, -0.2) is 12.9 Å². The second-order valence-corrected chi connectivity index (χ2v) is 5.75. The molecule has 0 aromatic heterocycles. The smallest absolute Gasteiger partial charge is 0.168 e. The van der Waals surface area contributed by atoms with Crippen LogP contribution < -0.4 is 4.74 Å². The molecule has 0 spiro atoms. The second-order valence-electron chi connectivity index (χ2n) is 4.52. The molecule has 0 saturated heterocycles. The molecule has 4 heteroatoms. The van der Waals surface area contributed by atoms with Crippen molar-refractivity contribution in [3.63, 3.8) is 0 Å². The molecule has 0 aliphatic heterocycles. The normalized spacial score (nSPS) is 10.4. The van der Waals surface area contributed by atoms with Crippen LogP contribution in [0.3, 0.4) is 0 Å². The summed E-state index contributed by atoms with van der Waals surface area (Å²) in [5.41, 5.74) is 2.48. The number of carbonyl (C=O) groups excluding carboxylic acids is 1. The second kappa shape index (κ2) is 6.42. The van der Waals surface area contributed by atoms with Crippen LogP contribution in [0.4, 0.5) is 0 Å². The first-order valence-corrected chi connectivity index (χ1v) is 7.30. The number of halogens is 2. The standard InChI is InChI=1S/C16H14BrClO2/c1-10-6-7-15(20-2)11(8-10)9-14(19)12-4-3-5-13(17)16(12)18/h3-8H,9H2,1-2H3. The van der Waals surface area contributed by atoms with E-state index in [0.717, 1.165) is 21.3 Å². The van der Waals surface area contributed by atoms with Gasteiger partial charge in [-0.1, -0.05) is 35.4 Å². The number of hydrogen-bond donors (Lipinski definition) is 0. The van der Waals surface area contributed by atoms with Crippen molar-refractivity contribution in [3.8, 4) is 5.75 Å². The third-order valence-electron chi connectivity index (χ3n) is 3.04. The summed E-state index contributed by atoms with van der Waals surface area (Å²) in [5, 5.41) is 0.448. The molecular weight excluding hydrogens is 340 g/mol. The molecule has 0 fully saturated rings. The topological polar surface area (TPSA) is 26.3 Å². The third kappa shape index (κ3) is 3.22. The molecule has 2 aromatic rings. The van der Waals surface area contributed by atoms with Crippen LogP contribution >= 0.6 is 27.5 Å². The van der Waals surface area contributed by atoms with Gasteiger partial charge in [0, 0.05) is 22.0 Å². The lowest BCUT2D eigenvalue weighted by molar-refractivity contribution is 0.0992. The Morgan fingerprint density at radius 2 is 2.05 bits per heavy atom. The Labute approximate surface area is 131 Å². The molecular formula is C16H14BrClO2.